The number of benzene rings is 2. The Hall–Kier alpha value is -2.57. The number of aryl methyl sites for hydroxylation is 2. The van der Waals surface area contributed by atoms with Crippen LogP contribution in [0.5, 0.6) is 0 Å². The van der Waals surface area contributed by atoms with Crippen molar-refractivity contribution in [1.29, 1.82) is 0 Å². The van der Waals surface area contributed by atoms with Crippen molar-refractivity contribution in [2.24, 2.45) is 7.05 Å². The van der Waals surface area contributed by atoms with Crippen molar-refractivity contribution in [3.05, 3.63) is 80.5 Å². The molecule has 0 unspecified atom stereocenters. The Morgan fingerprint density at radius 3 is 2.30 bits per heavy atom. The van der Waals surface area contributed by atoms with E-state index in [9.17, 15) is 9.18 Å². The van der Waals surface area contributed by atoms with Gasteiger partial charge in [-0.25, -0.2) is 9.07 Å². The second-order valence-electron chi connectivity index (χ2n) is 7.93. The van der Waals surface area contributed by atoms with Crippen molar-refractivity contribution < 1.29 is 4.39 Å². The van der Waals surface area contributed by atoms with E-state index in [2.05, 4.69) is 41.8 Å². The molecule has 5 nitrogen and oxygen atoms in total. The van der Waals surface area contributed by atoms with Crippen LogP contribution >= 0.6 is 11.6 Å². The molecule has 1 aliphatic rings. The Balaban J connectivity index is 1.50. The zero-order valence-electron chi connectivity index (χ0n) is 17.5. The smallest absolute Gasteiger partial charge is 0.290 e. The van der Waals surface area contributed by atoms with Gasteiger partial charge in [-0.2, -0.15) is 0 Å². The molecular weight excluding hydrogens is 403 g/mol. The van der Waals surface area contributed by atoms with E-state index in [4.69, 9.17) is 11.6 Å². The van der Waals surface area contributed by atoms with Gasteiger partial charge in [0.05, 0.1) is 11.4 Å². The maximum atomic E-state index is 13.3. The summed E-state index contributed by atoms with van der Waals surface area (Å²) in [5.74, 6) is -0.339. The summed E-state index contributed by atoms with van der Waals surface area (Å²) < 4.78 is 16.5. The topological polar surface area (TPSA) is 33.4 Å². The minimum absolute atomic E-state index is 0.221. The number of hydrogen-bond donors (Lipinski definition) is 0. The zero-order valence-corrected chi connectivity index (χ0v) is 18.3. The second-order valence-corrected chi connectivity index (χ2v) is 8.31. The van der Waals surface area contributed by atoms with Crippen LogP contribution in [0.3, 0.4) is 0 Å². The average Bonchev–Trinajstić information content (AvgIpc) is 2.93. The highest BCUT2D eigenvalue weighted by molar-refractivity contribution is 6.31. The largest absolute Gasteiger partial charge is 0.369 e. The number of halogens is 2. The highest BCUT2D eigenvalue weighted by atomic mass is 35.5. The van der Waals surface area contributed by atoms with Crippen LogP contribution in [0.4, 0.5) is 10.1 Å². The summed E-state index contributed by atoms with van der Waals surface area (Å²) in [7, 11) is 1.82. The van der Waals surface area contributed by atoms with E-state index in [0.29, 0.717) is 12.2 Å². The monoisotopic (exact) mass is 428 g/mol. The van der Waals surface area contributed by atoms with E-state index in [1.807, 2.05) is 7.05 Å². The first-order valence-corrected chi connectivity index (χ1v) is 10.5. The molecule has 1 fully saturated rings. The van der Waals surface area contributed by atoms with E-state index in [1.54, 1.807) is 16.8 Å². The number of nitrogens with zero attached hydrogens (tertiary/aromatic N) is 4. The third kappa shape index (κ3) is 3.89. The number of rotatable bonds is 4. The van der Waals surface area contributed by atoms with Crippen LogP contribution in [-0.4, -0.2) is 40.4 Å². The number of anilines is 1. The highest BCUT2D eigenvalue weighted by Gasteiger charge is 2.23. The molecule has 0 bridgehead atoms. The summed E-state index contributed by atoms with van der Waals surface area (Å²) in [6, 6.07) is 12.4. The summed E-state index contributed by atoms with van der Waals surface area (Å²) in [5.41, 5.74) is 4.94. The number of piperazine rings is 1. The summed E-state index contributed by atoms with van der Waals surface area (Å²) >= 11 is 6.41. The van der Waals surface area contributed by atoms with Crippen molar-refractivity contribution >= 4 is 17.3 Å². The van der Waals surface area contributed by atoms with Crippen LogP contribution < -0.4 is 10.5 Å². The predicted octanol–water partition coefficient (Wildman–Crippen LogP) is 3.91. The fourth-order valence-electron chi connectivity index (χ4n) is 4.18. The second kappa shape index (κ2) is 8.28. The number of aromatic nitrogens is 2. The number of hydrogen-bond acceptors (Lipinski definition) is 3. The molecule has 0 spiro atoms. The third-order valence-electron chi connectivity index (χ3n) is 5.83. The molecule has 158 valence electrons. The summed E-state index contributed by atoms with van der Waals surface area (Å²) in [5, 5.41) is 0.221. The lowest BCUT2D eigenvalue weighted by molar-refractivity contribution is 0.243. The minimum Gasteiger partial charge on any atom is -0.369 e. The fraction of sp³-hybridized carbons (Fsp3) is 0.348. The molecule has 30 heavy (non-hydrogen) atoms. The molecule has 7 heteroatoms. The molecule has 1 aromatic heterocycles. The van der Waals surface area contributed by atoms with Crippen molar-refractivity contribution in [2.75, 3.05) is 31.1 Å². The van der Waals surface area contributed by atoms with E-state index in [0.717, 1.165) is 31.9 Å². The summed E-state index contributed by atoms with van der Waals surface area (Å²) in [6.45, 7) is 8.49. The molecule has 4 rings (SSSR count). The van der Waals surface area contributed by atoms with Crippen LogP contribution in [0, 0.1) is 19.7 Å². The van der Waals surface area contributed by atoms with Crippen LogP contribution in [0.25, 0.3) is 5.69 Å². The van der Waals surface area contributed by atoms with Gasteiger partial charge < -0.3 is 4.90 Å². The maximum Gasteiger partial charge on any atom is 0.290 e. The lowest BCUT2D eigenvalue weighted by Gasteiger charge is -2.37. The van der Waals surface area contributed by atoms with Crippen molar-refractivity contribution in [1.82, 2.24) is 14.3 Å². The van der Waals surface area contributed by atoms with Gasteiger partial charge in [0.2, 0.25) is 0 Å². The SMILES string of the molecule is Cc1ccc(N2CCN(Cc3c(Cl)c(=O)n(-c4ccc(F)cc4)n3C)CC2)c(C)c1. The van der Waals surface area contributed by atoms with E-state index in [-0.39, 0.29) is 16.4 Å². The van der Waals surface area contributed by atoms with Crippen molar-refractivity contribution in [3.8, 4) is 5.69 Å². The van der Waals surface area contributed by atoms with Gasteiger partial charge >= 0.3 is 0 Å². The average molecular weight is 429 g/mol. The van der Waals surface area contributed by atoms with Gasteiger partial charge in [-0.1, -0.05) is 29.3 Å². The lowest BCUT2D eigenvalue weighted by Crippen LogP contribution is -2.46. The summed E-state index contributed by atoms with van der Waals surface area (Å²) in [4.78, 5) is 17.5. The Morgan fingerprint density at radius 2 is 1.67 bits per heavy atom. The first-order valence-electron chi connectivity index (χ1n) is 10.1. The van der Waals surface area contributed by atoms with Gasteiger partial charge in [-0.15, -0.1) is 0 Å². The first-order chi connectivity index (χ1) is 14.3. The van der Waals surface area contributed by atoms with Crippen LogP contribution in [0.1, 0.15) is 16.8 Å². The predicted molar refractivity (Wildman–Crippen MR) is 119 cm³/mol. The van der Waals surface area contributed by atoms with Crippen LogP contribution in [0.2, 0.25) is 5.02 Å². The molecule has 0 aliphatic carbocycles. The van der Waals surface area contributed by atoms with Crippen molar-refractivity contribution in [3.63, 3.8) is 0 Å². The Bertz CT molecular complexity index is 1110. The molecule has 2 heterocycles. The van der Waals surface area contributed by atoms with Gasteiger partial charge in [0.25, 0.3) is 5.56 Å². The van der Waals surface area contributed by atoms with Crippen LogP contribution in [-0.2, 0) is 13.6 Å². The fourth-order valence-corrected chi connectivity index (χ4v) is 4.44. The maximum absolute atomic E-state index is 13.3. The van der Waals surface area contributed by atoms with Crippen LogP contribution in [0.15, 0.2) is 47.3 Å². The Kier molecular flexibility index (Phi) is 5.71. The molecule has 0 atom stereocenters. The molecule has 3 aromatic rings. The first kappa shape index (κ1) is 20.7. The normalized spacial score (nSPS) is 15.0. The van der Waals surface area contributed by atoms with Crippen molar-refractivity contribution in [2.45, 2.75) is 20.4 Å². The summed E-state index contributed by atoms with van der Waals surface area (Å²) in [6.07, 6.45) is 0. The van der Waals surface area contributed by atoms with Gasteiger partial charge in [0.1, 0.15) is 10.8 Å². The van der Waals surface area contributed by atoms with E-state index >= 15 is 0 Å². The zero-order chi connectivity index (χ0) is 21.4. The minimum atomic E-state index is -0.339. The molecule has 0 saturated carbocycles. The van der Waals surface area contributed by atoms with E-state index < -0.39 is 0 Å². The van der Waals surface area contributed by atoms with Gasteiger partial charge in [0.15, 0.2) is 0 Å². The van der Waals surface area contributed by atoms with Gasteiger partial charge in [0, 0.05) is 45.5 Å². The molecule has 0 radical (unpaired) electrons. The molecule has 0 amide bonds. The lowest BCUT2D eigenvalue weighted by atomic mass is 10.1. The quantitative estimate of drug-likeness (QED) is 0.631. The molecule has 1 aliphatic heterocycles. The Labute approximate surface area is 180 Å². The Morgan fingerprint density at radius 1 is 1.00 bits per heavy atom. The van der Waals surface area contributed by atoms with E-state index in [1.165, 1.54) is 33.6 Å². The van der Waals surface area contributed by atoms with Gasteiger partial charge in [-0.05, 0) is 49.7 Å². The third-order valence-corrected chi connectivity index (χ3v) is 6.21. The highest BCUT2D eigenvalue weighted by Crippen LogP contribution is 2.24. The molecule has 2 aromatic carbocycles. The van der Waals surface area contributed by atoms with Gasteiger partial charge in [-0.3, -0.25) is 14.4 Å². The molecule has 1 saturated heterocycles. The standard InChI is InChI=1S/C23H26ClFN4O/c1-16-4-9-20(17(2)14-16)28-12-10-27(11-13-28)15-21-22(24)23(30)29(26(21)3)19-7-5-18(25)6-8-19/h4-9,14H,10-13,15H2,1-3H3. The molecular formula is C23H26ClFN4O. The molecule has 0 N–H and O–H groups in total.